The molecule has 0 fully saturated rings. The number of hydrogen-bond donors (Lipinski definition) is 0. The average Bonchev–Trinajstić information content (AvgIpc) is 2.98. The third kappa shape index (κ3) is 6.52. The minimum Gasteiger partial charge on any atom is -0.311 e. The maximum atomic E-state index is 2.35. The Morgan fingerprint density at radius 3 is 0.905 bits per heavy atom. The van der Waals surface area contributed by atoms with Crippen molar-refractivity contribution in [2.45, 2.75) is 72.1 Å². The summed E-state index contributed by atoms with van der Waals surface area (Å²) in [5.41, 5.74) is 12.7. The van der Waals surface area contributed by atoms with Gasteiger partial charge in [-0.05, 0) is 92.1 Å². The molecule has 0 bridgehead atoms. The van der Waals surface area contributed by atoms with E-state index in [0.717, 1.165) is 17.1 Å². The number of rotatable bonds is 6. The van der Waals surface area contributed by atoms with Crippen LogP contribution in [0.4, 0.5) is 17.1 Å². The van der Waals surface area contributed by atoms with Crippen LogP contribution in [0.2, 0.25) is 0 Å². The maximum absolute atomic E-state index is 2.35. The van der Waals surface area contributed by atoms with Crippen molar-refractivity contribution in [3.8, 4) is 22.3 Å². The Labute approximate surface area is 253 Å². The fourth-order valence-corrected chi connectivity index (χ4v) is 5.39. The third-order valence-corrected chi connectivity index (χ3v) is 8.24. The van der Waals surface area contributed by atoms with Crippen molar-refractivity contribution >= 4 is 17.1 Å². The van der Waals surface area contributed by atoms with Crippen molar-refractivity contribution in [3.05, 3.63) is 138 Å². The first-order valence-corrected chi connectivity index (χ1v) is 15.2. The van der Waals surface area contributed by atoms with Gasteiger partial charge in [-0.1, -0.05) is 140 Å². The van der Waals surface area contributed by atoms with Crippen LogP contribution in [-0.4, -0.2) is 0 Å². The Hall–Kier alpha value is -4.10. The maximum Gasteiger partial charge on any atom is 0.0462 e. The van der Waals surface area contributed by atoms with Crippen LogP contribution >= 0.6 is 0 Å². The van der Waals surface area contributed by atoms with Gasteiger partial charge in [0.05, 0.1) is 0 Å². The molecule has 42 heavy (non-hydrogen) atoms. The Bertz CT molecular complexity index is 1490. The predicted molar refractivity (Wildman–Crippen MR) is 183 cm³/mol. The SMILES string of the molecule is CC(C)c1ccc(N(c2ccc(-c3ccc(C(C)(C)C)cc3)cc2)c2ccc(-c3ccc(C(C)(C)C)cc3)cc2)cc1. The predicted octanol–water partition coefficient (Wildman–Crippen LogP) is 12.2. The van der Waals surface area contributed by atoms with Gasteiger partial charge in [0.1, 0.15) is 0 Å². The zero-order valence-electron chi connectivity index (χ0n) is 26.6. The summed E-state index contributed by atoms with van der Waals surface area (Å²) in [5, 5.41) is 0. The fourth-order valence-electron chi connectivity index (χ4n) is 5.39. The van der Waals surface area contributed by atoms with Crippen LogP contribution in [0.3, 0.4) is 0 Å². The van der Waals surface area contributed by atoms with Gasteiger partial charge < -0.3 is 4.90 Å². The van der Waals surface area contributed by atoms with E-state index in [0.29, 0.717) is 5.92 Å². The topological polar surface area (TPSA) is 3.24 Å². The number of benzene rings is 5. The summed E-state index contributed by atoms with van der Waals surface area (Å²) in [4.78, 5) is 2.35. The molecule has 0 spiro atoms. The third-order valence-electron chi connectivity index (χ3n) is 8.24. The second-order valence-corrected chi connectivity index (χ2v) is 13.8. The highest BCUT2D eigenvalue weighted by molar-refractivity contribution is 5.80. The van der Waals surface area contributed by atoms with E-state index in [4.69, 9.17) is 0 Å². The van der Waals surface area contributed by atoms with E-state index in [9.17, 15) is 0 Å². The van der Waals surface area contributed by atoms with E-state index in [2.05, 4.69) is 182 Å². The Kier molecular flexibility index (Phi) is 8.15. The molecule has 5 aromatic carbocycles. The molecule has 0 unspecified atom stereocenters. The van der Waals surface area contributed by atoms with Gasteiger partial charge in [-0.15, -0.1) is 0 Å². The van der Waals surface area contributed by atoms with Gasteiger partial charge in [-0.3, -0.25) is 0 Å². The first kappa shape index (κ1) is 29.4. The lowest BCUT2D eigenvalue weighted by Gasteiger charge is -2.26. The van der Waals surface area contributed by atoms with E-state index in [1.807, 2.05) is 0 Å². The molecule has 0 amide bonds. The highest BCUT2D eigenvalue weighted by atomic mass is 15.1. The molecule has 0 saturated heterocycles. The molecule has 0 aliphatic carbocycles. The first-order chi connectivity index (χ1) is 19.9. The highest BCUT2D eigenvalue weighted by Gasteiger charge is 2.16. The van der Waals surface area contributed by atoms with Crippen LogP contribution in [0.1, 0.15) is 78.0 Å². The summed E-state index contributed by atoms with van der Waals surface area (Å²) in [7, 11) is 0. The van der Waals surface area contributed by atoms with Crippen LogP contribution in [0.25, 0.3) is 22.3 Å². The van der Waals surface area contributed by atoms with Crippen LogP contribution < -0.4 is 4.90 Å². The number of hydrogen-bond acceptors (Lipinski definition) is 1. The molecule has 0 aliphatic heterocycles. The normalized spacial score (nSPS) is 12.0. The molecular weight excluding hydrogens is 506 g/mol. The smallest absolute Gasteiger partial charge is 0.0462 e. The van der Waals surface area contributed by atoms with E-state index >= 15 is 0 Å². The highest BCUT2D eigenvalue weighted by Crippen LogP contribution is 2.38. The standard InChI is InChI=1S/C41H45N/c1-29(2)30-13-23-37(24-14-30)42(38-25-15-33(16-26-38)31-9-19-35(20-10-31)40(3,4)5)39-27-17-34(18-28-39)32-11-21-36(22-12-32)41(6,7)8/h9-29H,1-8H3. The Balaban J connectivity index is 1.48. The second kappa shape index (κ2) is 11.6. The molecular formula is C41H45N. The van der Waals surface area contributed by atoms with Crippen LogP contribution in [0.15, 0.2) is 121 Å². The fraction of sp³-hybridized carbons (Fsp3) is 0.268. The average molecular weight is 552 g/mol. The molecule has 0 aromatic heterocycles. The monoisotopic (exact) mass is 551 g/mol. The molecule has 0 aliphatic rings. The largest absolute Gasteiger partial charge is 0.311 e. The van der Waals surface area contributed by atoms with Gasteiger partial charge in [-0.25, -0.2) is 0 Å². The zero-order valence-corrected chi connectivity index (χ0v) is 26.6. The molecule has 1 heteroatoms. The minimum absolute atomic E-state index is 0.152. The molecule has 0 atom stereocenters. The number of anilines is 3. The molecule has 0 heterocycles. The molecule has 5 rings (SSSR count). The Morgan fingerprint density at radius 2 is 0.643 bits per heavy atom. The Morgan fingerprint density at radius 1 is 0.381 bits per heavy atom. The molecule has 5 aromatic rings. The summed E-state index contributed by atoms with van der Waals surface area (Å²) in [6, 6.07) is 44.9. The van der Waals surface area contributed by atoms with Gasteiger partial charge in [0, 0.05) is 17.1 Å². The summed E-state index contributed by atoms with van der Waals surface area (Å²) >= 11 is 0. The van der Waals surface area contributed by atoms with E-state index < -0.39 is 0 Å². The lowest BCUT2D eigenvalue weighted by atomic mass is 9.86. The van der Waals surface area contributed by atoms with E-state index in [1.165, 1.54) is 38.9 Å². The first-order valence-electron chi connectivity index (χ1n) is 15.2. The second-order valence-electron chi connectivity index (χ2n) is 13.8. The van der Waals surface area contributed by atoms with E-state index in [1.54, 1.807) is 0 Å². The minimum atomic E-state index is 0.152. The molecule has 0 radical (unpaired) electrons. The van der Waals surface area contributed by atoms with Crippen molar-refractivity contribution in [2.24, 2.45) is 0 Å². The summed E-state index contributed by atoms with van der Waals surface area (Å²) in [6.07, 6.45) is 0. The van der Waals surface area contributed by atoms with E-state index in [-0.39, 0.29) is 10.8 Å². The van der Waals surface area contributed by atoms with Crippen molar-refractivity contribution < 1.29 is 0 Å². The van der Waals surface area contributed by atoms with Crippen LogP contribution in [-0.2, 0) is 10.8 Å². The van der Waals surface area contributed by atoms with Gasteiger partial charge in [0.15, 0.2) is 0 Å². The van der Waals surface area contributed by atoms with Gasteiger partial charge in [-0.2, -0.15) is 0 Å². The quantitative estimate of drug-likeness (QED) is 0.203. The number of nitrogens with zero attached hydrogens (tertiary/aromatic N) is 1. The lowest BCUT2D eigenvalue weighted by molar-refractivity contribution is 0.590. The zero-order chi connectivity index (χ0) is 30.1. The van der Waals surface area contributed by atoms with Crippen LogP contribution in [0.5, 0.6) is 0 Å². The summed E-state index contributed by atoms with van der Waals surface area (Å²) in [5.74, 6) is 0.500. The van der Waals surface area contributed by atoms with Crippen LogP contribution in [0, 0.1) is 0 Å². The molecule has 0 saturated carbocycles. The summed E-state index contributed by atoms with van der Waals surface area (Å²) < 4.78 is 0. The van der Waals surface area contributed by atoms with Crippen molar-refractivity contribution in [2.75, 3.05) is 4.90 Å². The molecule has 214 valence electrons. The van der Waals surface area contributed by atoms with Gasteiger partial charge in [0.2, 0.25) is 0 Å². The molecule has 1 nitrogen and oxygen atoms in total. The van der Waals surface area contributed by atoms with Crippen molar-refractivity contribution in [3.63, 3.8) is 0 Å². The summed E-state index contributed by atoms with van der Waals surface area (Å²) in [6.45, 7) is 18.0. The van der Waals surface area contributed by atoms with Gasteiger partial charge >= 0.3 is 0 Å². The van der Waals surface area contributed by atoms with Gasteiger partial charge in [0.25, 0.3) is 0 Å². The molecule has 0 N–H and O–H groups in total. The van der Waals surface area contributed by atoms with Crippen molar-refractivity contribution in [1.29, 1.82) is 0 Å². The van der Waals surface area contributed by atoms with Crippen molar-refractivity contribution in [1.82, 2.24) is 0 Å². The lowest BCUT2D eigenvalue weighted by Crippen LogP contribution is -2.10.